The lowest BCUT2D eigenvalue weighted by Gasteiger charge is -2.23. The van der Waals surface area contributed by atoms with E-state index < -0.39 is 0 Å². The molecule has 96 valence electrons. The molecule has 0 radical (unpaired) electrons. The quantitative estimate of drug-likeness (QED) is 0.857. The van der Waals surface area contributed by atoms with E-state index in [9.17, 15) is 0 Å². The highest BCUT2D eigenvalue weighted by molar-refractivity contribution is 5.88. The fourth-order valence-electron chi connectivity index (χ4n) is 3.45. The van der Waals surface area contributed by atoms with Crippen LogP contribution in [-0.2, 0) is 26.3 Å². The molecule has 18 heavy (non-hydrogen) atoms. The summed E-state index contributed by atoms with van der Waals surface area (Å²) in [6.07, 6.45) is 4.76. The number of aromatic nitrogens is 1. The summed E-state index contributed by atoms with van der Waals surface area (Å²) in [5.74, 6) is 0. The van der Waals surface area contributed by atoms with Crippen LogP contribution in [0.15, 0.2) is 18.2 Å². The van der Waals surface area contributed by atoms with Gasteiger partial charge < -0.3 is 9.88 Å². The van der Waals surface area contributed by atoms with Crippen molar-refractivity contribution in [2.75, 3.05) is 7.05 Å². The zero-order valence-electron chi connectivity index (χ0n) is 11.6. The maximum atomic E-state index is 3.43. The number of likely N-dealkylation sites (N-methyl/N-ethyl adjacent to an activating group) is 1. The van der Waals surface area contributed by atoms with Crippen LogP contribution in [0.5, 0.6) is 0 Å². The lowest BCUT2D eigenvalue weighted by atomic mass is 9.91. The Hall–Kier alpha value is -1.28. The van der Waals surface area contributed by atoms with Crippen molar-refractivity contribution >= 4 is 10.9 Å². The first kappa shape index (κ1) is 11.8. The summed E-state index contributed by atoms with van der Waals surface area (Å²) in [5.41, 5.74) is 6.07. The molecule has 2 aromatic rings. The van der Waals surface area contributed by atoms with Gasteiger partial charge in [0.15, 0.2) is 0 Å². The molecule has 3 rings (SSSR count). The van der Waals surface area contributed by atoms with E-state index in [2.05, 4.69) is 49.1 Å². The number of nitrogens with zero attached hydrogens (tertiary/aromatic N) is 1. The molecule has 0 aliphatic heterocycles. The standard InChI is InChI=1S/C16H22N2/c1-4-11-6-5-7-14-13-9-8-12(17-2)10-15(13)18(3)16(11)14/h5-7,12,17H,4,8-10H2,1-3H3. The highest BCUT2D eigenvalue weighted by Crippen LogP contribution is 2.33. The molecule has 2 heteroatoms. The van der Waals surface area contributed by atoms with E-state index in [4.69, 9.17) is 0 Å². The molecule has 1 aromatic heterocycles. The van der Waals surface area contributed by atoms with Crippen molar-refractivity contribution in [3.63, 3.8) is 0 Å². The van der Waals surface area contributed by atoms with E-state index in [-0.39, 0.29) is 0 Å². The van der Waals surface area contributed by atoms with Crippen LogP contribution in [0.1, 0.15) is 30.2 Å². The molecule has 1 aromatic carbocycles. The van der Waals surface area contributed by atoms with Gasteiger partial charge in [-0.2, -0.15) is 0 Å². The molecule has 0 saturated heterocycles. The molecular formula is C16H22N2. The van der Waals surface area contributed by atoms with Gasteiger partial charge in [-0.25, -0.2) is 0 Å². The molecule has 1 N–H and O–H groups in total. The fraction of sp³-hybridized carbons (Fsp3) is 0.500. The SMILES string of the molecule is CCc1cccc2c3c(n(C)c12)CC(NC)CC3. The van der Waals surface area contributed by atoms with Crippen molar-refractivity contribution in [1.82, 2.24) is 9.88 Å². The fourth-order valence-corrected chi connectivity index (χ4v) is 3.45. The Balaban J connectivity index is 2.23. The summed E-state index contributed by atoms with van der Waals surface area (Å²) < 4.78 is 2.44. The van der Waals surface area contributed by atoms with Crippen molar-refractivity contribution in [1.29, 1.82) is 0 Å². The summed E-state index contributed by atoms with van der Waals surface area (Å²) >= 11 is 0. The molecule has 1 unspecified atom stereocenters. The van der Waals surface area contributed by atoms with E-state index in [1.54, 1.807) is 5.56 Å². The summed E-state index contributed by atoms with van der Waals surface area (Å²) in [4.78, 5) is 0. The molecule has 2 nitrogen and oxygen atoms in total. The number of hydrogen-bond donors (Lipinski definition) is 1. The van der Waals surface area contributed by atoms with Crippen LogP contribution < -0.4 is 5.32 Å². The maximum absolute atomic E-state index is 3.43. The monoisotopic (exact) mass is 242 g/mol. The van der Waals surface area contributed by atoms with E-state index in [1.807, 2.05) is 0 Å². The average molecular weight is 242 g/mol. The lowest BCUT2D eigenvalue weighted by Crippen LogP contribution is -2.32. The first-order chi connectivity index (χ1) is 8.76. The Morgan fingerprint density at radius 1 is 1.39 bits per heavy atom. The molecule has 1 aliphatic carbocycles. The van der Waals surface area contributed by atoms with Crippen molar-refractivity contribution in [3.05, 3.63) is 35.0 Å². The molecular weight excluding hydrogens is 220 g/mol. The van der Waals surface area contributed by atoms with E-state index >= 15 is 0 Å². The number of fused-ring (bicyclic) bond motifs is 3. The van der Waals surface area contributed by atoms with Crippen molar-refractivity contribution in [2.45, 2.75) is 38.6 Å². The number of benzene rings is 1. The third kappa shape index (κ3) is 1.59. The van der Waals surface area contributed by atoms with Crippen LogP contribution >= 0.6 is 0 Å². The summed E-state index contributed by atoms with van der Waals surface area (Å²) in [5, 5.41) is 4.92. The largest absolute Gasteiger partial charge is 0.347 e. The van der Waals surface area contributed by atoms with Gasteiger partial charge in [-0.15, -0.1) is 0 Å². The summed E-state index contributed by atoms with van der Waals surface area (Å²) in [6, 6.07) is 7.42. The smallest absolute Gasteiger partial charge is 0.0515 e. The van der Waals surface area contributed by atoms with Crippen LogP contribution in [0, 0.1) is 0 Å². The first-order valence-corrected chi connectivity index (χ1v) is 7.01. The lowest BCUT2D eigenvalue weighted by molar-refractivity contribution is 0.485. The Bertz CT molecular complexity index is 580. The van der Waals surface area contributed by atoms with Gasteiger partial charge >= 0.3 is 0 Å². The predicted octanol–water partition coefficient (Wildman–Crippen LogP) is 2.82. The Morgan fingerprint density at radius 2 is 2.22 bits per heavy atom. The van der Waals surface area contributed by atoms with Crippen LogP contribution in [0.2, 0.25) is 0 Å². The van der Waals surface area contributed by atoms with Gasteiger partial charge in [0.1, 0.15) is 0 Å². The molecule has 0 fully saturated rings. The molecule has 0 bridgehead atoms. The molecule has 0 amide bonds. The zero-order chi connectivity index (χ0) is 12.7. The minimum Gasteiger partial charge on any atom is -0.347 e. The first-order valence-electron chi connectivity index (χ1n) is 7.01. The predicted molar refractivity (Wildman–Crippen MR) is 77.2 cm³/mol. The Labute approximate surface area is 109 Å². The third-order valence-electron chi connectivity index (χ3n) is 4.51. The van der Waals surface area contributed by atoms with Crippen LogP contribution in [-0.4, -0.2) is 17.7 Å². The zero-order valence-corrected chi connectivity index (χ0v) is 11.6. The molecule has 0 spiro atoms. The number of rotatable bonds is 2. The molecule has 1 heterocycles. The van der Waals surface area contributed by atoms with Crippen molar-refractivity contribution in [2.24, 2.45) is 7.05 Å². The number of nitrogens with one attached hydrogen (secondary N) is 1. The highest BCUT2D eigenvalue weighted by atomic mass is 15.0. The Morgan fingerprint density at radius 3 is 2.94 bits per heavy atom. The number of hydrogen-bond acceptors (Lipinski definition) is 1. The van der Waals surface area contributed by atoms with Crippen LogP contribution in [0.4, 0.5) is 0 Å². The van der Waals surface area contributed by atoms with Gasteiger partial charge in [-0.05, 0) is 37.4 Å². The van der Waals surface area contributed by atoms with Gasteiger partial charge in [-0.1, -0.05) is 25.1 Å². The number of para-hydroxylation sites is 1. The Kier molecular flexibility index (Phi) is 2.90. The summed E-state index contributed by atoms with van der Waals surface area (Å²) in [6.45, 7) is 2.25. The number of aryl methyl sites for hydroxylation is 3. The van der Waals surface area contributed by atoms with Crippen molar-refractivity contribution < 1.29 is 0 Å². The molecule has 1 atom stereocenters. The van der Waals surface area contributed by atoms with E-state index in [0.717, 1.165) is 6.42 Å². The highest BCUT2D eigenvalue weighted by Gasteiger charge is 2.23. The van der Waals surface area contributed by atoms with Gasteiger partial charge in [0.05, 0.1) is 5.52 Å². The van der Waals surface area contributed by atoms with E-state index in [1.165, 1.54) is 41.4 Å². The van der Waals surface area contributed by atoms with Crippen molar-refractivity contribution in [3.8, 4) is 0 Å². The van der Waals surface area contributed by atoms with Gasteiger partial charge in [-0.3, -0.25) is 0 Å². The van der Waals surface area contributed by atoms with Gasteiger partial charge in [0.2, 0.25) is 0 Å². The second kappa shape index (κ2) is 4.43. The minimum absolute atomic E-state index is 0.644. The normalized spacial score (nSPS) is 19.2. The van der Waals surface area contributed by atoms with Gasteiger partial charge in [0, 0.05) is 30.6 Å². The molecule has 0 saturated carbocycles. The molecule has 1 aliphatic rings. The second-order valence-corrected chi connectivity index (χ2v) is 5.38. The summed E-state index contributed by atoms with van der Waals surface area (Å²) in [7, 11) is 4.31. The topological polar surface area (TPSA) is 17.0 Å². The second-order valence-electron chi connectivity index (χ2n) is 5.38. The third-order valence-corrected chi connectivity index (χ3v) is 4.51. The average Bonchev–Trinajstić information content (AvgIpc) is 2.72. The van der Waals surface area contributed by atoms with E-state index in [0.29, 0.717) is 6.04 Å². The maximum Gasteiger partial charge on any atom is 0.0515 e. The van der Waals surface area contributed by atoms with Crippen LogP contribution in [0.3, 0.4) is 0 Å². The van der Waals surface area contributed by atoms with Crippen LogP contribution in [0.25, 0.3) is 10.9 Å². The van der Waals surface area contributed by atoms with Gasteiger partial charge in [0.25, 0.3) is 0 Å². The minimum atomic E-state index is 0.644.